The van der Waals surface area contributed by atoms with Gasteiger partial charge < -0.3 is 10.2 Å². The molecule has 3 N–H and O–H groups in total. The lowest BCUT2D eigenvalue weighted by atomic mass is 10.2. The summed E-state index contributed by atoms with van der Waals surface area (Å²) in [7, 11) is -3.72. The third-order valence-electron chi connectivity index (χ3n) is 1.94. The average Bonchev–Trinajstić information content (AvgIpc) is 2.29. The first-order valence-corrected chi connectivity index (χ1v) is 6.34. The minimum Gasteiger partial charge on any atom is -0.393 e. The van der Waals surface area contributed by atoms with E-state index < -0.39 is 22.7 Å². The minimum atomic E-state index is -3.72. The van der Waals surface area contributed by atoms with Crippen molar-refractivity contribution in [2.24, 2.45) is 5.10 Å². The lowest BCUT2D eigenvalue weighted by Gasteiger charge is -2.04. The number of aliphatic hydroxyl groups is 2. The second-order valence-electron chi connectivity index (χ2n) is 3.44. The van der Waals surface area contributed by atoms with Gasteiger partial charge in [0.2, 0.25) is 0 Å². The number of nitrogens with one attached hydrogen (secondary N) is 1. The van der Waals surface area contributed by atoms with Crippen LogP contribution in [0.3, 0.4) is 0 Å². The predicted molar refractivity (Wildman–Crippen MR) is 63.1 cm³/mol. The highest BCUT2D eigenvalue weighted by Gasteiger charge is 2.11. The summed E-state index contributed by atoms with van der Waals surface area (Å²) in [6.45, 7) is 1.33. The van der Waals surface area contributed by atoms with Gasteiger partial charge in [0, 0.05) is 0 Å². The molecule has 1 rings (SSSR count). The number of aryl methyl sites for hydroxylation is 1. The Bertz CT molecular complexity index is 482. The number of sulfonamides is 1. The summed E-state index contributed by atoms with van der Waals surface area (Å²) >= 11 is 0. The second-order valence-corrected chi connectivity index (χ2v) is 5.10. The number of nitrogens with zero attached hydrogens (tertiary/aromatic N) is 1. The fourth-order valence-corrected chi connectivity index (χ4v) is 1.80. The SMILES string of the molecule is Cc1ccc(S(=O)(=O)NN=CC(O)CO)cc1. The summed E-state index contributed by atoms with van der Waals surface area (Å²) in [5, 5.41) is 20.8. The van der Waals surface area contributed by atoms with E-state index in [1.807, 2.05) is 11.8 Å². The molecule has 0 saturated heterocycles. The summed E-state index contributed by atoms with van der Waals surface area (Å²) in [6, 6.07) is 6.24. The molecule has 0 aliphatic rings. The Hall–Kier alpha value is -1.44. The van der Waals surface area contributed by atoms with Crippen LogP contribution in [0.4, 0.5) is 0 Å². The first-order chi connectivity index (χ1) is 7.95. The third kappa shape index (κ3) is 4.14. The topological polar surface area (TPSA) is 99.0 Å². The van der Waals surface area contributed by atoms with Crippen molar-refractivity contribution in [1.82, 2.24) is 4.83 Å². The predicted octanol–water partition coefficient (Wildman–Crippen LogP) is -0.388. The molecule has 94 valence electrons. The molecule has 0 fully saturated rings. The summed E-state index contributed by atoms with van der Waals surface area (Å²) < 4.78 is 23.3. The zero-order valence-electron chi connectivity index (χ0n) is 9.24. The van der Waals surface area contributed by atoms with E-state index >= 15 is 0 Å². The molecule has 0 bridgehead atoms. The molecule has 17 heavy (non-hydrogen) atoms. The van der Waals surface area contributed by atoms with Crippen LogP contribution in [0.2, 0.25) is 0 Å². The standard InChI is InChI=1S/C10H14N2O4S/c1-8-2-4-10(5-3-8)17(15,16)12-11-6-9(14)7-13/h2-6,9,12-14H,7H2,1H3. The Morgan fingerprint density at radius 1 is 1.41 bits per heavy atom. The van der Waals surface area contributed by atoms with Crippen molar-refractivity contribution < 1.29 is 18.6 Å². The van der Waals surface area contributed by atoms with Gasteiger partial charge in [-0.1, -0.05) is 17.7 Å². The molecule has 0 aliphatic carbocycles. The number of hydrazone groups is 1. The number of benzene rings is 1. The molecule has 1 aromatic carbocycles. The zero-order chi connectivity index (χ0) is 12.9. The van der Waals surface area contributed by atoms with Gasteiger partial charge in [-0.2, -0.15) is 13.5 Å². The highest BCUT2D eigenvalue weighted by atomic mass is 32.2. The van der Waals surface area contributed by atoms with Crippen molar-refractivity contribution in [3.63, 3.8) is 0 Å². The van der Waals surface area contributed by atoms with Gasteiger partial charge in [-0.3, -0.25) is 0 Å². The van der Waals surface area contributed by atoms with E-state index in [0.717, 1.165) is 11.8 Å². The maximum atomic E-state index is 11.6. The van der Waals surface area contributed by atoms with Gasteiger partial charge in [0.15, 0.2) is 0 Å². The van der Waals surface area contributed by atoms with E-state index in [9.17, 15) is 8.42 Å². The number of rotatable bonds is 5. The van der Waals surface area contributed by atoms with Crippen molar-refractivity contribution in [3.8, 4) is 0 Å². The zero-order valence-corrected chi connectivity index (χ0v) is 10.1. The van der Waals surface area contributed by atoms with Crippen molar-refractivity contribution >= 4 is 16.2 Å². The summed E-state index contributed by atoms with van der Waals surface area (Å²) in [5.74, 6) is 0. The Labute approximate surface area is 99.7 Å². The van der Waals surface area contributed by atoms with Crippen molar-refractivity contribution in [3.05, 3.63) is 29.8 Å². The van der Waals surface area contributed by atoms with E-state index in [2.05, 4.69) is 5.10 Å². The van der Waals surface area contributed by atoms with Crippen molar-refractivity contribution in [1.29, 1.82) is 0 Å². The van der Waals surface area contributed by atoms with Gasteiger partial charge in [-0.05, 0) is 19.1 Å². The molecule has 7 heteroatoms. The van der Waals surface area contributed by atoms with Gasteiger partial charge in [0.1, 0.15) is 6.10 Å². The van der Waals surface area contributed by atoms with Gasteiger partial charge in [-0.15, -0.1) is 0 Å². The highest BCUT2D eigenvalue weighted by molar-refractivity contribution is 7.89. The number of hydrogen-bond donors (Lipinski definition) is 3. The maximum absolute atomic E-state index is 11.6. The minimum absolute atomic E-state index is 0.0822. The van der Waals surface area contributed by atoms with Gasteiger partial charge in [0.25, 0.3) is 10.0 Å². The number of aliphatic hydroxyl groups excluding tert-OH is 2. The van der Waals surface area contributed by atoms with Gasteiger partial charge in [-0.25, -0.2) is 4.83 Å². The Morgan fingerprint density at radius 2 is 2.00 bits per heavy atom. The Balaban J connectivity index is 2.76. The van der Waals surface area contributed by atoms with Crippen LogP contribution in [0, 0.1) is 6.92 Å². The second kappa shape index (κ2) is 5.76. The van der Waals surface area contributed by atoms with Crippen LogP contribution >= 0.6 is 0 Å². The normalized spacial score (nSPS) is 13.8. The molecule has 0 radical (unpaired) electrons. The lowest BCUT2D eigenvalue weighted by Crippen LogP contribution is -2.21. The molecular formula is C10H14N2O4S. The molecule has 0 saturated carbocycles. The monoisotopic (exact) mass is 258 g/mol. The van der Waals surface area contributed by atoms with Crippen LogP contribution in [0.5, 0.6) is 0 Å². The van der Waals surface area contributed by atoms with E-state index in [1.165, 1.54) is 12.1 Å². The van der Waals surface area contributed by atoms with E-state index in [-0.39, 0.29) is 4.90 Å². The largest absolute Gasteiger partial charge is 0.393 e. The molecule has 0 spiro atoms. The smallest absolute Gasteiger partial charge is 0.276 e. The highest BCUT2D eigenvalue weighted by Crippen LogP contribution is 2.09. The van der Waals surface area contributed by atoms with Crippen LogP contribution in [0.1, 0.15) is 5.56 Å². The summed E-state index contributed by atoms with van der Waals surface area (Å²) in [5.41, 5.74) is 0.947. The molecule has 1 aromatic rings. The molecule has 0 aliphatic heterocycles. The molecule has 0 aromatic heterocycles. The summed E-state index contributed by atoms with van der Waals surface area (Å²) in [6.07, 6.45) is -0.276. The first kappa shape index (κ1) is 13.6. The number of hydrogen-bond acceptors (Lipinski definition) is 5. The molecule has 0 amide bonds. The maximum Gasteiger partial charge on any atom is 0.276 e. The van der Waals surface area contributed by atoms with Crippen LogP contribution in [-0.4, -0.2) is 37.6 Å². The molecule has 0 heterocycles. The van der Waals surface area contributed by atoms with Crippen LogP contribution in [0.15, 0.2) is 34.3 Å². The fraction of sp³-hybridized carbons (Fsp3) is 0.300. The Morgan fingerprint density at radius 3 is 2.53 bits per heavy atom. The van der Waals surface area contributed by atoms with E-state index in [1.54, 1.807) is 12.1 Å². The summed E-state index contributed by atoms with van der Waals surface area (Å²) in [4.78, 5) is 2.01. The van der Waals surface area contributed by atoms with Crippen molar-refractivity contribution in [2.45, 2.75) is 17.9 Å². The third-order valence-corrected chi connectivity index (χ3v) is 3.18. The lowest BCUT2D eigenvalue weighted by molar-refractivity contribution is 0.148. The molecule has 1 unspecified atom stereocenters. The Kier molecular flexibility index (Phi) is 4.62. The molecule has 6 nitrogen and oxygen atoms in total. The van der Waals surface area contributed by atoms with Crippen LogP contribution in [0.25, 0.3) is 0 Å². The van der Waals surface area contributed by atoms with Crippen molar-refractivity contribution in [2.75, 3.05) is 6.61 Å². The molecular weight excluding hydrogens is 244 g/mol. The van der Waals surface area contributed by atoms with Crippen LogP contribution < -0.4 is 4.83 Å². The van der Waals surface area contributed by atoms with E-state index in [4.69, 9.17) is 10.2 Å². The first-order valence-electron chi connectivity index (χ1n) is 4.86. The van der Waals surface area contributed by atoms with Gasteiger partial charge in [0.05, 0.1) is 17.7 Å². The fourth-order valence-electron chi connectivity index (χ4n) is 1.00. The van der Waals surface area contributed by atoms with Crippen LogP contribution in [-0.2, 0) is 10.0 Å². The van der Waals surface area contributed by atoms with Gasteiger partial charge >= 0.3 is 0 Å². The average molecular weight is 258 g/mol. The molecule has 1 atom stereocenters. The quantitative estimate of drug-likeness (QED) is 0.495. The van der Waals surface area contributed by atoms with E-state index in [0.29, 0.717) is 0 Å².